The number of rotatable bonds is 7. The topological polar surface area (TPSA) is 94.6 Å². The molecule has 32 heavy (non-hydrogen) atoms. The molecule has 7 nitrogen and oxygen atoms in total. The number of halogens is 8. The largest absolute Gasteiger partial charge is 0.470 e. The number of ether oxygens (including phenoxy) is 2. The van der Waals surface area contributed by atoms with Crippen LogP contribution in [-0.4, -0.2) is 44.3 Å². The number of aromatic nitrogens is 1. The smallest absolute Gasteiger partial charge is 0.456 e. The van der Waals surface area contributed by atoms with Gasteiger partial charge in [0.15, 0.2) is 18.2 Å². The summed E-state index contributed by atoms with van der Waals surface area (Å²) < 4.78 is 123. The summed E-state index contributed by atoms with van der Waals surface area (Å²) in [7, 11) is -4.05. The van der Waals surface area contributed by atoms with Gasteiger partial charge < -0.3 is 9.47 Å². The van der Waals surface area contributed by atoms with Gasteiger partial charge in [-0.05, 0) is 6.07 Å². The van der Waals surface area contributed by atoms with Crippen molar-refractivity contribution in [3.05, 3.63) is 46.6 Å². The van der Waals surface area contributed by atoms with Gasteiger partial charge in [-0.3, -0.25) is 4.79 Å². The number of nitrogens with one attached hydrogen (secondary N) is 1. The third kappa shape index (κ3) is 6.35. The highest BCUT2D eigenvalue weighted by molar-refractivity contribution is 7.89. The van der Waals surface area contributed by atoms with Crippen molar-refractivity contribution >= 4 is 27.5 Å². The summed E-state index contributed by atoms with van der Waals surface area (Å²) in [6.07, 6.45) is -4.55. The second kappa shape index (κ2) is 8.97. The van der Waals surface area contributed by atoms with Gasteiger partial charge in [-0.1, -0.05) is 11.6 Å². The number of hydrogen-bond acceptors (Lipinski definition) is 6. The molecule has 2 rings (SSSR count). The highest BCUT2D eigenvalue weighted by atomic mass is 35.5. The van der Waals surface area contributed by atoms with Crippen LogP contribution >= 0.6 is 11.6 Å². The van der Waals surface area contributed by atoms with Gasteiger partial charge in [0.05, 0.1) is 18.0 Å². The fourth-order valence-corrected chi connectivity index (χ4v) is 2.60. The molecular weight excluding hydrogens is 501 g/mol. The predicted molar refractivity (Wildman–Crippen MR) is 94.5 cm³/mol. The molecule has 0 spiro atoms. The van der Waals surface area contributed by atoms with Crippen molar-refractivity contribution in [3.8, 4) is 17.4 Å². The van der Waals surface area contributed by atoms with Gasteiger partial charge in [-0.25, -0.2) is 26.9 Å². The molecule has 16 heteroatoms. The number of sulfonamides is 1. The van der Waals surface area contributed by atoms with E-state index in [1.165, 1.54) is 4.72 Å². The van der Waals surface area contributed by atoms with Crippen LogP contribution in [0.1, 0.15) is 10.4 Å². The number of amides is 1. The Hall–Kier alpha value is -2.81. The van der Waals surface area contributed by atoms with Gasteiger partial charge >= 0.3 is 12.1 Å². The molecule has 0 aliphatic rings. The van der Waals surface area contributed by atoms with Crippen LogP contribution in [0.15, 0.2) is 24.4 Å². The molecule has 176 valence electrons. The molecule has 0 atom stereocenters. The molecule has 0 fully saturated rings. The van der Waals surface area contributed by atoms with Crippen molar-refractivity contribution < 1.29 is 53.4 Å². The van der Waals surface area contributed by atoms with E-state index in [0.717, 1.165) is 6.07 Å². The first-order valence-corrected chi connectivity index (χ1v) is 10.2. The molecular formula is C16H10ClF7N2O5S. The van der Waals surface area contributed by atoms with E-state index < -0.39 is 74.2 Å². The van der Waals surface area contributed by atoms with Gasteiger partial charge in [0.25, 0.3) is 5.91 Å². The van der Waals surface area contributed by atoms with Crippen LogP contribution in [0, 0.1) is 11.6 Å². The molecule has 0 bridgehead atoms. The fourth-order valence-electron chi connectivity index (χ4n) is 1.94. The molecule has 0 aliphatic carbocycles. The van der Waals surface area contributed by atoms with Crippen molar-refractivity contribution in [3.63, 3.8) is 0 Å². The number of pyridine rings is 1. The number of carbonyl (C=O) groups is 1. The SMILES string of the molecule is CS(=O)(=O)NC(=O)c1cc(F)c(Oc2cnc(OCC(F)(F)C(F)(F)F)c(Cl)c2)cc1F. The van der Waals surface area contributed by atoms with Crippen LogP contribution in [-0.2, 0) is 10.0 Å². The molecule has 1 amide bonds. The summed E-state index contributed by atoms with van der Waals surface area (Å²) in [4.78, 5) is 15.0. The lowest BCUT2D eigenvalue weighted by Gasteiger charge is -2.19. The van der Waals surface area contributed by atoms with E-state index in [2.05, 4.69) is 9.72 Å². The molecule has 2 aromatic rings. The Balaban J connectivity index is 2.19. The summed E-state index contributed by atoms with van der Waals surface area (Å²) in [5.41, 5.74) is -0.953. The minimum atomic E-state index is -5.87. The zero-order valence-electron chi connectivity index (χ0n) is 15.4. The molecule has 0 radical (unpaired) electrons. The third-order valence-corrected chi connectivity index (χ3v) is 4.19. The van der Waals surface area contributed by atoms with Gasteiger partial charge in [0, 0.05) is 12.1 Å². The zero-order valence-corrected chi connectivity index (χ0v) is 17.0. The lowest BCUT2D eigenvalue weighted by atomic mass is 10.2. The van der Waals surface area contributed by atoms with E-state index in [9.17, 15) is 43.9 Å². The second-order valence-electron chi connectivity index (χ2n) is 6.02. The van der Waals surface area contributed by atoms with E-state index in [1.807, 2.05) is 0 Å². The van der Waals surface area contributed by atoms with Crippen molar-refractivity contribution in [2.45, 2.75) is 12.1 Å². The third-order valence-electron chi connectivity index (χ3n) is 3.36. The molecule has 0 saturated heterocycles. The van der Waals surface area contributed by atoms with Crippen molar-refractivity contribution in [1.29, 1.82) is 0 Å². The zero-order chi connectivity index (χ0) is 24.5. The maximum Gasteiger partial charge on any atom is 0.456 e. The first-order valence-electron chi connectivity index (χ1n) is 7.92. The van der Waals surface area contributed by atoms with Crippen LogP contribution in [0.5, 0.6) is 17.4 Å². The Kier molecular flexibility index (Phi) is 7.14. The minimum Gasteiger partial charge on any atom is -0.470 e. The Morgan fingerprint density at radius 1 is 1.12 bits per heavy atom. The van der Waals surface area contributed by atoms with Crippen LogP contribution in [0.3, 0.4) is 0 Å². The molecule has 1 heterocycles. The first-order chi connectivity index (χ1) is 14.5. The minimum absolute atomic E-state index is 0.344. The maximum absolute atomic E-state index is 14.2. The second-order valence-corrected chi connectivity index (χ2v) is 8.17. The molecule has 1 N–H and O–H groups in total. The summed E-state index contributed by atoms with van der Waals surface area (Å²) in [6.45, 7) is -2.11. The highest BCUT2D eigenvalue weighted by Crippen LogP contribution is 2.37. The Morgan fingerprint density at radius 3 is 2.28 bits per heavy atom. The number of carbonyl (C=O) groups excluding carboxylic acids is 1. The Morgan fingerprint density at radius 2 is 1.75 bits per heavy atom. The Bertz CT molecular complexity index is 1140. The van der Waals surface area contributed by atoms with Crippen molar-refractivity contribution in [1.82, 2.24) is 9.71 Å². The van der Waals surface area contributed by atoms with E-state index in [1.54, 1.807) is 0 Å². The summed E-state index contributed by atoms with van der Waals surface area (Å²) in [5, 5.41) is -0.592. The van der Waals surface area contributed by atoms with Gasteiger partial charge in [0.2, 0.25) is 15.9 Å². The maximum atomic E-state index is 14.2. The van der Waals surface area contributed by atoms with Crippen LogP contribution in [0.2, 0.25) is 5.02 Å². The average molecular weight is 511 g/mol. The lowest BCUT2D eigenvalue weighted by molar-refractivity contribution is -0.290. The van der Waals surface area contributed by atoms with Gasteiger partial charge in [-0.15, -0.1) is 0 Å². The quantitative estimate of drug-likeness (QED) is 0.564. The number of alkyl halides is 5. The first kappa shape index (κ1) is 25.5. The van der Waals surface area contributed by atoms with E-state index in [4.69, 9.17) is 16.3 Å². The Labute approximate surface area is 180 Å². The van der Waals surface area contributed by atoms with E-state index >= 15 is 0 Å². The summed E-state index contributed by atoms with van der Waals surface area (Å²) in [6, 6.07) is 1.54. The van der Waals surface area contributed by atoms with Crippen molar-refractivity contribution in [2.24, 2.45) is 0 Å². The lowest BCUT2D eigenvalue weighted by Crippen LogP contribution is -2.41. The van der Waals surface area contributed by atoms with Crippen molar-refractivity contribution in [2.75, 3.05) is 12.9 Å². The number of nitrogens with zero attached hydrogens (tertiary/aromatic N) is 1. The number of benzene rings is 1. The summed E-state index contributed by atoms with van der Waals surface area (Å²) in [5.74, 6) is -11.3. The normalized spacial score (nSPS) is 12.4. The van der Waals surface area contributed by atoms with Crippen LogP contribution in [0.25, 0.3) is 0 Å². The molecule has 0 unspecified atom stereocenters. The average Bonchev–Trinajstić information content (AvgIpc) is 2.61. The van der Waals surface area contributed by atoms with Gasteiger partial charge in [-0.2, -0.15) is 22.0 Å². The standard InChI is InChI=1S/C16H10ClF7N2O5S/c1-32(28,29)26-13(27)8-3-11(19)12(4-10(8)18)31-7-2-9(17)14(25-5-7)30-6-15(20,21)16(22,23)24/h2-5H,6H2,1H3,(H,26,27). The fraction of sp³-hybridized carbons (Fsp3) is 0.250. The van der Waals surface area contributed by atoms with Crippen LogP contribution in [0.4, 0.5) is 30.7 Å². The summed E-state index contributed by atoms with van der Waals surface area (Å²) >= 11 is 5.67. The number of hydrogen-bond donors (Lipinski definition) is 1. The molecule has 1 aromatic heterocycles. The van der Waals surface area contributed by atoms with E-state index in [0.29, 0.717) is 24.6 Å². The van der Waals surface area contributed by atoms with E-state index in [-0.39, 0.29) is 0 Å². The molecule has 0 saturated carbocycles. The molecule has 0 aliphatic heterocycles. The monoisotopic (exact) mass is 510 g/mol. The predicted octanol–water partition coefficient (Wildman–Crippen LogP) is 4.07. The van der Waals surface area contributed by atoms with Crippen LogP contribution < -0.4 is 14.2 Å². The molecule has 1 aromatic carbocycles. The highest BCUT2D eigenvalue weighted by Gasteiger charge is 2.58. The van der Waals surface area contributed by atoms with Gasteiger partial charge in [0.1, 0.15) is 16.6 Å².